The molecule has 1 unspecified atom stereocenters. The number of aliphatic imine (C=N–C) groups is 1. The van der Waals surface area contributed by atoms with E-state index in [1.54, 1.807) is 7.11 Å². The minimum Gasteiger partial charge on any atom is -0.497 e. The molecule has 1 aromatic heterocycles. The Balaban J connectivity index is 1.44. The summed E-state index contributed by atoms with van der Waals surface area (Å²) in [5.74, 6) is 3.28. The summed E-state index contributed by atoms with van der Waals surface area (Å²) in [7, 11) is 3.51. The van der Waals surface area contributed by atoms with Crippen molar-refractivity contribution in [1.82, 2.24) is 15.6 Å². The molecule has 1 atom stereocenters. The van der Waals surface area contributed by atoms with E-state index in [4.69, 9.17) is 4.74 Å². The van der Waals surface area contributed by atoms with E-state index in [0.29, 0.717) is 5.92 Å². The second-order valence-electron chi connectivity index (χ2n) is 7.89. The smallest absolute Gasteiger partial charge is 0.191 e. The van der Waals surface area contributed by atoms with Crippen molar-refractivity contribution < 1.29 is 4.74 Å². The Morgan fingerprint density at radius 1 is 1.13 bits per heavy atom. The lowest BCUT2D eigenvalue weighted by Gasteiger charge is -2.28. The fraction of sp³-hybridized carbons (Fsp3) is 0.500. The van der Waals surface area contributed by atoms with Crippen LogP contribution in [0.25, 0.3) is 0 Å². The molecule has 0 spiro atoms. The van der Waals surface area contributed by atoms with Gasteiger partial charge in [-0.15, -0.1) is 0 Å². The van der Waals surface area contributed by atoms with Crippen LogP contribution in [0.3, 0.4) is 0 Å². The molecule has 1 aromatic carbocycles. The number of anilines is 1. The largest absolute Gasteiger partial charge is 0.497 e. The molecular formula is C24H35N5O. The van der Waals surface area contributed by atoms with Crippen molar-refractivity contribution in [2.24, 2.45) is 4.99 Å². The normalized spacial score (nSPS) is 15.6. The van der Waals surface area contributed by atoms with Crippen LogP contribution in [0.1, 0.15) is 49.7 Å². The number of hydrogen-bond donors (Lipinski definition) is 2. The van der Waals surface area contributed by atoms with Gasteiger partial charge in [-0.3, -0.25) is 4.99 Å². The predicted molar refractivity (Wildman–Crippen MR) is 125 cm³/mol. The molecule has 162 valence electrons. The van der Waals surface area contributed by atoms with Crippen molar-refractivity contribution in [3.05, 3.63) is 53.7 Å². The van der Waals surface area contributed by atoms with Crippen LogP contribution in [-0.4, -0.2) is 44.7 Å². The molecule has 1 fully saturated rings. The molecule has 30 heavy (non-hydrogen) atoms. The SMILES string of the molecule is CN=C(NCCC(C)c1ccc(OC)cc1)NCc1ccnc(N2CCCCC2)c1. The van der Waals surface area contributed by atoms with E-state index in [2.05, 4.69) is 56.7 Å². The van der Waals surface area contributed by atoms with Gasteiger partial charge in [0.15, 0.2) is 5.96 Å². The minimum absolute atomic E-state index is 0.466. The molecule has 0 amide bonds. The molecule has 1 saturated heterocycles. The maximum Gasteiger partial charge on any atom is 0.191 e. The number of nitrogens with one attached hydrogen (secondary N) is 2. The number of methoxy groups -OCH3 is 1. The summed E-state index contributed by atoms with van der Waals surface area (Å²) < 4.78 is 5.24. The molecule has 6 nitrogen and oxygen atoms in total. The predicted octanol–water partition coefficient (Wildman–Crippen LogP) is 3.94. The van der Waals surface area contributed by atoms with Crippen molar-refractivity contribution in [2.45, 2.75) is 45.1 Å². The number of piperidine rings is 1. The first-order valence-corrected chi connectivity index (χ1v) is 11.0. The summed E-state index contributed by atoms with van der Waals surface area (Å²) in [6.45, 7) is 6.07. The molecule has 0 radical (unpaired) electrons. The van der Waals surface area contributed by atoms with Gasteiger partial charge in [-0.1, -0.05) is 19.1 Å². The highest BCUT2D eigenvalue weighted by Gasteiger charge is 2.12. The first-order valence-electron chi connectivity index (χ1n) is 11.0. The highest BCUT2D eigenvalue weighted by atomic mass is 16.5. The molecule has 2 N–H and O–H groups in total. The number of pyridine rings is 1. The van der Waals surface area contributed by atoms with E-state index in [1.165, 1.54) is 30.4 Å². The summed E-state index contributed by atoms with van der Waals surface area (Å²) in [6.07, 6.45) is 6.79. The highest BCUT2D eigenvalue weighted by Crippen LogP contribution is 2.21. The number of rotatable bonds is 8. The van der Waals surface area contributed by atoms with Gasteiger partial charge in [0, 0.05) is 39.4 Å². The number of ether oxygens (including phenoxy) is 1. The lowest BCUT2D eigenvalue weighted by Crippen LogP contribution is -2.37. The molecule has 1 aliphatic rings. The van der Waals surface area contributed by atoms with Crippen molar-refractivity contribution in [3.8, 4) is 5.75 Å². The van der Waals surface area contributed by atoms with Crippen LogP contribution in [0.5, 0.6) is 5.75 Å². The topological polar surface area (TPSA) is 61.8 Å². The average Bonchev–Trinajstić information content (AvgIpc) is 2.82. The van der Waals surface area contributed by atoms with Crippen molar-refractivity contribution in [2.75, 3.05) is 38.7 Å². The summed E-state index contributed by atoms with van der Waals surface area (Å²) >= 11 is 0. The van der Waals surface area contributed by atoms with Crippen molar-refractivity contribution >= 4 is 11.8 Å². The average molecular weight is 410 g/mol. The molecule has 1 aliphatic heterocycles. The monoisotopic (exact) mass is 409 g/mol. The van der Waals surface area contributed by atoms with Gasteiger partial charge in [-0.05, 0) is 67.0 Å². The Hall–Kier alpha value is -2.76. The number of guanidine groups is 1. The van der Waals surface area contributed by atoms with Gasteiger partial charge in [0.25, 0.3) is 0 Å². The van der Waals surface area contributed by atoms with Crippen LogP contribution in [0.4, 0.5) is 5.82 Å². The third kappa shape index (κ3) is 6.37. The Morgan fingerprint density at radius 3 is 2.60 bits per heavy atom. The summed E-state index contributed by atoms with van der Waals surface area (Å²) in [4.78, 5) is 11.3. The zero-order chi connectivity index (χ0) is 21.2. The quantitative estimate of drug-likeness (QED) is 0.511. The Labute approximate surface area is 180 Å². The first-order chi connectivity index (χ1) is 14.7. The zero-order valence-electron chi connectivity index (χ0n) is 18.5. The van der Waals surface area contributed by atoms with Crippen LogP contribution in [0.15, 0.2) is 47.6 Å². The van der Waals surface area contributed by atoms with Crippen molar-refractivity contribution in [3.63, 3.8) is 0 Å². The molecule has 6 heteroatoms. The highest BCUT2D eigenvalue weighted by molar-refractivity contribution is 5.79. The first kappa shape index (κ1) is 21.9. The van der Waals surface area contributed by atoms with Gasteiger partial charge in [-0.2, -0.15) is 0 Å². The second-order valence-corrected chi connectivity index (χ2v) is 7.89. The maximum absolute atomic E-state index is 5.24. The number of nitrogens with zero attached hydrogens (tertiary/aromatic N) is 3. The molecule has 0 bridgehead atoms. The van der Waals surface area contributed by atoms with E-state index in [9.17, 15) is 0 Å². The Bertz CT molecular complexity index is 799. The van der Waals surface area contributed by atoms with Gasteiger partial charge < -0.3 is 20.3 Å². The molecule has 0 aliphatic carbocycles. The van der Waals surface area contributed by atoms with E-state index in [-0.39, 0.29) is 0 Å². The summed E-state index contributed by atoms with van der Waals surface area (Å²) in [5.41, 5.74) is 2.54. The van der Waals surface area contributed by atoms with Crippen LogP contribution in [0.2, 0.25) is 0 Å². The number of benzene rings is 1. The third-order valence-electron chi connectivity index (χ3n) is 5.73. The van der Waals surface area contributed by atoms with Gasteiger partial charge in [0.2, 0.25) is 0 Å². The molecule has 3 rings (SSSR count). The zero-order valence-corrected chi connectivity index (χ0v) is 18.5. The Morgan fingerprint density at radius 2 is 1.90 bits per heavy atom. The molecule has 0 saturated carbocycles. The maximum atomic E-state index is 5.24. The van der Waals surface area contributed by atoms with E-state index in [0.717, 1.165) is 50.1 Å². The van der Waals surface area contributed by atoms with E-state index < -0.39 is 0 Å². The third-order valence-corrected chi connectivity index (χ3v) is 5.73. The van der Waals surface area contributed by atoms with Gasteiger partial charge >= 0.3 is 0 Å². The van der Waals surface area contributed by atoms with Crippen LogP contribution >= 0.6 is 0 Å². The lowest BCUT2D eigenvalue weighted by atomic mass is 9.98. The van der Waals surface area contributed by atoms with E-state index in [1.807, 2.05) is 25.4 Å². The summed E-state index contributed by atoms with van der Waals surface area (Å²) in [6, 6.07) is 12.6. The van der Waals surface area contributed by atoms with Crippen molar-refractivity contribution in [1.29, 1.82) is 0 Å². The Kier molecular flexibility index (Phi) is 8.36. The lowest BCUT2D eigenvalue weighted by molar-refractivity contribution is 0.414. The second kappa shape index (κ2) is 11.4. The fourth-order valence-electron chi connectivity index (χ4n) is 3.78. The van der Waals surface area contributed by atoms with Gasteiger partial charge in [0.1, 0.15) is 11.6 Å². The van der Waals surface area contributed by atoms with E-state index >= 15 is 0 Å². The number of hydrogen-bond acceptors (Lipinski definition) is 4. The summed E-state index contributed by atoms with van der Waals surface area (Å²) in [5, 5.41) is 6.85. The van der Waals surface area contributed by atoms with Crippen LogP contribution < -0.4 is 20.3 Å². The van der Waals surface area contributed by atoms with Gasteiger partial charge in [-0.25, -0.2) is 4.98 Å². The fourth-order valence-corrected chi connectivity index (χ4v) is 3.78. The molecular weight excluding hydrogens is 374 g/mol. The van der Waals surface area contributed by atoms with Gasteiger partial charge in [0.05, 0.1) is 7.11 Å². The number of aromatic nitrogens is 1. The molecule has 2 heterocycles. The van der Waals surface area contributed by atoms with Crippen LogP contribution in [0, 0.1) is 0 Å². The minimum atomic E-state index is 0.466. The van der Waals surface area contributed by atoms with Crippen LogP contribution in [-0.2, 0) is 6.54 Å². The standard InChI is InChI=1S/C24H35N5O/c1-19(21-7-9-22(30-3)10-8-21)11-13-27-24(25-2)28-18-20-12-14-26-23(17-20)29-15-5-4-6-16-29/h7-10,12,14,17,19H,4-6,11,13,15-16,18H2,1-3H3,(H2,25,27,28). The molecule has 2 aromatic rings.